The van der Waals surface area contributed by atoms with E-state index in [0.29, 0.717) is 22.2 Å². The van der Waals surface area contributed by atoms with E-state index in [-0.39, 0.29) is 5.91 Å². The van der Waals surface area contributed by atoms with E-state index in [2.05, 4.69) is 21.2 Å². The zero-order chi connectivity index (χ0) is 13.2. The van der Waals surface area contributed by atoms with Crippen LogP contribution in [0.2, 0.25) is 0 Å². The second-order valence-electron chi connectivity index (χ2n) is 4.05. The molecule has 0 radical (unpaired) electrons. The van der Waals surface area contributed by atoms with Crippen LogP contribution in [-0.2, 0) is 4.79 Å². The second kappa shape index (κ2) is 5.63. The summed E-state index contributed by atoms with van der Waals surface area (Å²) in [4.78, 5) is 24.1. The van der Waals surface area contributed by atoms with E-state index >= 15 is 0 Å². The summed E-state index contributed by atoms with van der Waals surface area (Å²) in [7, 11) is 0. The third kappa shape index (κ3) is 2.73. The van der Waals surface area contributed by atoms with E-state index in [1.54, 1.807) is 23.2 Å². The lowest BCUT2D eigenvalue weighted by atomic mass is 9.92. The molecule has 0 bridgehead atoms. The van der Waals surface area contributed by atoms with Gasteiger partial charge in [0.05, 0.1) is 0 Å². The molecule has 1 aliphatic rings. The number of thiophene rings is 1. The number of rotatable bonds is 3. The van der Waals surface area contributed by atoms with Crippen molar-refractivity contribution in [3.05, 3.63) is 20.8 Å². The molecule has 1 fully saturated rings. The standard InChI is InChI=1S/C11H12BrNO3S2/c12-7-1-4-18-8(7)9(14)13-11(10(15)16)2-5-17-6-3-11/h1,4H,2-3,5-6H2,(H,13,14)(H,15,16). The number of halogens is 1. The topological polar surface area (TPSA) is 66.4 Å². The van der Waals surface area contributed by atoms with Crippen molar-refractivity contribution in [2.75, 3.05) is 11.5 Å². The lowest BCUT2D eigenvalue weighted by molar-refractivity contribution is -0.144. The van der Waals surface area contributed by atoms with Crippen molar-refractivity contribution in [1.29, 1.82) is 0 Å². The fourth-order valence-corrected chi connectivity index (χ4v) is 4.48. The molecule has 18 heavy (non-hydrogen) atoms. The molecule has 98 valence electrons. The van der Waals surface area contributed by atoms with Crippen molar-refractivity contribution in [3.8, 4) is 0 Å². The van der Waals surface area contributed by atoms with Gasteiger partial charge in [0, 0.05) is 4.47 Å². The number of carbonyl (C=O) groups is 2. The highest BCUT2D eigenvalue weighted by molar-refractivity contribution is 9.10. The molecule has 2 rings (SSSR count). The molecular weight excluding hydrogens is 338 g/mol. The second-order valence-corrected chi connectivity index (χ2v) is 7.05. The molecular formula is C11H12BrNO3S2. The number of carboxylic acid groups (broad SMARTS) is 1. The quantitative estimate of drug-likeness (QED) is 0.880. The highest BCUT2D eigenvalue weighted by Crippen LogP contribution is 2.29. The Labute approximate surface area is 121 Å². The van der Waals surface area contributed by atoms with Gasteiger partial charge >= 0.3 is 5.97 Å². The molecule has 0 unspecified atom stereocenters. The zero-order valence-corrected chi connectivity index (χ0v) is 12.7. The molecule has 7 heteroatoms. The number of thioether (sulfide) groups is 1. The van der Waals surface area contributed by atoms with Crippen LogP contribution in [-0.4, -0.2) is 34.0 Å². The van der Waals surface area contributed by atoms with Crippen LogP contribution < -0.4 is 5.32 Å². The van der Waals surface area contributed by atoms with Gasteiger partial charge in [-0.05, 0) is 51.7 Å². The predicted molar refractivity (Wildman–Crippen MR) is 76.4 cm³/mol. The summed E-state index contributed by atoms with van der Waals surface area (Å²) in [6.45, 7) is 0. The summed E-state index contributed by atoms with van der Waals surface area (Å²) in [5, 5.41) is 13.9. The van der Waals surface area contributed by atoms with Crippen molar-refractivity contribution in [2.45, 2.75) is 18.4 Å². The van der Waals surface area contributed by atoms with Gasteiger partial charge in [-0.15, -0.1) is 11.3 Å². The summed E-state index contributed by atoms with van der Waals surface area (Å²) in [5.74, 6) is 0.270. The molecule has 1 aromatic heterocycles. The minimum atomic E-state index is -1.11. The molecule has 1 amide bonds. The number of hydrogen-bond donors (Lipinski definition) is 2. The summed E-state index contributed by atoms with van der Waals surface area (Å²) in [6.07, 6.45) is 0.948. The van der Waals surface area contributed by atoms with Crippen LogP contribution in [0.25, 0.3) is 0 Å². The lowest BCUT2D eigenvalue weighted by Crippen LogP contribution is -2.56. The molecule has 1 aliphatic heterocycles. The van der Waals surface area contributed by atoms with Crippen LogP contribution in [0.5, 0.6) is 0 Å². The molecule has 0 atom stereocenters. The summed E-state index contributed by atoms with van der Waals surface area (Å²) < 4.78 is 0.704. The largest absolute Gasteiger partial charge is 0.480 e. The van der Waals surface area contributed by atoms with E-state index in [1.165, 1.54) is 11.3 Å². The van der Waals surface area contributed by atoms with Gasteiger partial charge < -0.3 is 10.4 Å². The number of carboxylic acids is 1. The molecule has 0 aliphatic carbocycles. The van der Waals surface area contributed by atoms with Crippen LogP contribution >= 0.6 is 39.0 Å². The number of carbonyl (C=O) groups excluding carboxylic acids is 1. The summed E-state index contributed by atoms with van der Waals surface area (Å²) in [6, 6.07) is 1.78. The Morgan fingerprint density at radius 1 is 1.39 bits per heavy atom. The van der Waals surface area contributed by atoms with E-state index in [4.69, 9.17) is 0 Å². The third-order valence-corrected chi connectivity index (χ3v) is 5.75. The maximum atomic E-state index is 12.1. The van der Waals surface area contributed by atoms with Crippen molar-refractivity contribution in [1.82, 2.24) is 5.32 Å². The normalized spacial score (nSPS) is 18.3. The average molecular weight is 350 g/mol. The van der Waals surface area contributed by atoms with Crippen molar-refractivity contribution in [2.24, 2.45) is 0 Å². The van der Waals surface area contributed by atoms with Crippen LogP contribution in [0.4, 0.5) is 0 Å². The first-order valence-electron chi connectivity index (χ1n) is 5.42. The molecule has 4 nitrogen and oxygen atoms in total. The van der Waals surface area contributed by atoms with Crippen LogP contribution in [0, 0.1) is 0 Å². The Bertz CT molecular complexity index is 469. The molecule has 2 heterocycles. The Morgan fingerprint density at radius 2 is 2.06 bits per heavy atom. The average Bonchev–Trinajstić information content (AvgIpc) is 2.76. The molecule has 2 N–H and O–H groups in total. The number of nitrogens with one attached hydrogen (secondary N) is 1. The van der Waals surface area contributed by atoms with Gasteiger partial charge in [-0.1, -0.05) is 0 Å². The zero-order valence-electron chi connectivity index (χ0n) is 9.44. The fraction of sp³-hybridized carbons (Fsp3) is 0.455. The van der Waals surface area contributed by atoms with Crippen molar-refractivity contribution >= 4 is 50.9 Å². The third-order valence-electron chi connectivity index (χ3n) is 2.93. The van der Waals surface area contributed by atoms with Gasteiger partial charge in [-0.2, -0.15) is 11.8 Å². The van der Waals surface area contributed by atoms with Gasteiger partial charge in [0.1, 0.15) is 10.4 Å². The summed E-state index contributed by atoms with van der Waals surface area (Å²) in [5.41, 5.74) is -1.11. The Morgan fingerprint density at radius 3 is 2.56 bits per heavy atom. The first-order chi connectivity index (χ1) is 8.55. The minimum absolute atomic E-state index is 0.314. The molecule has 1 aromatic rings. The maximum Gasteiger partial charge on any atom is 0.329 e. The van der Waals surface area contributed by atoms with Gasteiger partial charge in [0.2, 0.25) is 0 Å². The van der Waals surface area contributed by atoms with Crippen molar-refractivity contribution < 1.29 is 14.7 Å². The molecule has 0 saturated carbocycles. The van der Waals surface area contributed by atoms with E-state index in [0.717, 1.165) is 11.5 Å². The Kier molecular flexibility index (Phi) is 4.34. The first kappa shape index (κ1) is 13.9. The Hall–Kier alpha value is -0.530. The van der Waals surface area contributed by atoms with Gasteiger partial charge in [0.25, 0.3) is 5.91 Å². The minimum Gasteiger partial charge on any atom is -0.480 e. The predicted octanol–water partition coefficient (Wildman–Crippen LogP) is 2.59. The van der Waals surface area contributed by atoms with Crippen LogP contribution in [0.1, 0.15) is 22.5 Å². The number of amides is 1. The summed E-state index contributed by atoms with van der Waals surface area (Å²) >= 11 is 6.31. The maximum absolute atomic E-state index is 12.1. The van der Waals surface area contributed by atoms with Crippen LogP contribution in [0.15, 0.2) is 15.9 Å². The van der Waals surface area contributed by atoms with E-state index in [1.807, 2.05) is 0 Å². The van der Waals surface area contributed by atoms with Gasteiger partial charge in [-0.3, -0.25) is 4.79 Å². The molecule has 1 saturated heterocycles. The van der Waals surface area contributed by atoms with Crippen LogP contribution in [0.3, 0.4) is 0 Å². The van der Waals surface area contributed by atoms with Gasteiger partial charge in [0.15, 0.2) is 0 Å². The van der Waals surface area contributed by atoms with E-state index in [9.17, 15) is 14.7 Å². The number of hydrogen-bond acceptors (Lipinski definition) is 4. The van der Waals surface area contributed by atoms with Crippen molar-refractivity contribution in [3.63, 3.8) is 0 Å². The lowest BCUT2D eigenvalue weighted by Gasteiger charge is -2.33. The molecule has 0 spiro atoms. The smallest absolute Gasteiger partial charge is 0.329 e. The Balaban J connectivity index is 2.17. The first-order valence-corrected chi connectivity index (χ1v) is 8.24. The monoisotopic (exact) mass is 349 g/mol. The SMILES string of the molecule is O=C(NC1(C(=O)O)CCSCC1)c1sccc1Br. The highest BCUT2D eigenvalue weighted by Gasteiger charge is 2.41. The van der Waals surface area contributed by atoms with E-state index < -0.39 is 11.5 Å². The fourth-order valence-electron chi connectivity index (χ4n) is 1.84. The number of aliphatic carboxylic acids is 1. The highest BCUT2D eigenvalue weighted by atomic mass is 79.9. The molecule has 0 aromatic carbocycles. The van der Waals surface area contributed by atoms with Gasteiger partial charge in [-0.25, -0.2) is 4.79 Å².